The Hall–Kier alpha value is -2.33. The molecule has 0 aliphatic rings. The molecule has 0 amide bonds. The van der Waals surface area contributed by atoms with Crippen LogP contribution in [0.5, 0.6) is 0 Å². The third kappa shape index (κ3) is 5.09. The minimum absolute atomic E-state index is 0.107. The molecule has 26 heavy (non-hydrogen) atoms. The number of nitro groups is 1. The third-order valence-electron chi connectivity index (χ3n) is 3.62. The van der Waals surface area contributed by atoms with Gasteiger partial charge in [0, 0.05) is 25.5 Å². The van der Waals surface area contributed by atoms with Crippen LogP contribution < -0.4 is 4.72 Å². The molecule has 1 aromatic carbocycles. The molecule has 0 fully saturated rings. The SMILES string of the molecule is Cc1cccc([N+](=O)[O-])c1S(=O)(=O)NCCCc1nc(CC(C)C)no1. The Bertz CT molecular complexity index is 877. The molecule has 10 heteroatoms. The van der Waals surface area contributed by atoms with Gasteiger partial charge in [0.2, 0.25) is 15.9 Å². The monoisotopic (exact) mass is 382 g/mol. The number of sulfonamides is 1. The van der Waals surface area contributed by atoms with Crippen molar-refractivity contribution in [2.75, 3.05) is 6.54 Å². The molecule has 2 rings (SSSR count). The van der Waals surface area contributed by atoms with E-state index in [4.69, 9.17) is 4.52 Å². The van der Waals surface area contributed by atoms with E-state index in [0.717, 1.165) is 0 Å². The van der Waals surface area contributed by atoms with E-state index in [2.05, 4.69) is 28.7 Å². The first-order valence-corrected chi connectivity index (χ1v) is 9.74. The number of nitrogens with one attached hydrogen (secondary N) is 1. The first kappa shape index (κ1) is 20.0. The maximum Gasteiger partial charge on any atom is 0.289 e. The zero-order valence-electron chi connectivity index (χ0n) is 14.9. The van der Waals surface area contributed by atoms with Crippen LogP contribution in [-0.2, 0) is 22.9 Å². The topological polar surface area (TPSA) is 128 Å². The van der Waals surface area contributed by atoms with Gasteiger partial charge in [-0.15, -0.1) is 0 Å². The maximum atomic E-state index is 12.4. The number of hydrogen-bond acceptors (Lipinski definition) is 7. The second-order valence-electron chi connectivity index (χ2n) is 6.38. The van der Waals surface area contributed by atoms with Gasteiger partial charge in [-0.05, 0) is 24.8 Å². The Balaban J connectivity index is 1.97. The summed E-state index contributed by atoms with van der Waals surface area (Å²) in [7, 11) is -3.99. The van der Waals surface area contributed by atoms with E-state index in [0.29, 0.717) is 42.5 Å². The molecule has 2 aromatic rings. The average Bonchev–Trinajstić information content (AvgIpc) is 2.97. The van der Waals surface area contributed by atoms with E-state index in [1.165, 1.54) is 25.1 Å². The van der Waals surface area contributed by atoms with Crippen LogP contribution in [0.15, 0.2) is 27.6 Å². The summed E-state index contributed by atoms with van der Waals surface area (Å²) in [5, 5.41) is 15.0. The zero-order valence-corrected chi connectivity index (χ0v) is 15.7. The minimum atomic E-state index is -3.99. The number of benzene rings is 1. The van der Waals surface area contributed by atoms with Gasteiger partial charge < -0.3 is 4.52 Å². The number of aryl methyl sites for hydroxylation is 2. The summed E-state index contributed by atoms with van der Waals surface area (Å²) in [4.78, 5) is 14.3. The molecule has 1 aromatic heterocycles. The number of nitro benzene ring substituents is 1. The van der Waals surface area contributed by atoms with Crippen LogP contribution >= 0.6 is 0 Å². The normalized spacial score (nSPS) is 11.8. The molecule has 1 heterocycles. The second kappa shape index (κ2) is 8.37. The van der Waals surface area contributed by atoms with Crippen molar-refractivity contribution in [2.45, 2.75) is 44.9 Å². The molecule has 0 bridgehead atoms. The summed E-state index contributed by atoms with van der Waals surface area (Å²) < 4.78 is 32.4. The lowest BCUT2D eigenvalue weighted by Crippen LogP contribution is -2.26. The highest BCUT2D eigenvalue weighted by Gasteiger charge is 2.27. The Morgan fingerprint density at radius 1 is 1.35 bits per heavy atom. The van der Waals surface area contributed by atoms with Crippen LogP contribution in [0.3, 0.4) is 0 Å². The standard InChI is InChI=1S/C16H22N4O5S/c1-11(2)10-14-18-15(25-19-14)8-5-9-17-26(23,24)16-12(3)6-4-7-13(16)20(21)22/h4,6-7,11,17H,5,8-10H2,1-3H3. The number of nitrogens with zero attached hydrogens (tertiary/aromatic N) is 3. The Morgan fingerprint density at radius 3 is 2.73 bits per heavy atom. The molecule has 0 aliphatic heterocycles. The molecular weight excluding hydrogens is 360 g/mol. The first-order chi connectivity index (χ1) is 12.2. The summed E-state index contributed by atoms with van der Waals surface area (Å²) in [6.45, 7) is 5.73. The van der Waals surface area contributed by atoms with Gasteiger partial charge in [0.05, 0.1) is 4.92 Å². The molecule has 9 nitrogen and oxygen atoms in total. The van der Waals surface area contributed by atoms with E-state index >= 15 is 0 Å². The molecule has 1 N–H and O–H groups in total. The van der Waals surface area contributed by atoms with E-state index in [-0.39, 0.29) is 11.4 Å². The summed E-state index contributed by atoms with van der Waals surface area (Å²) in [6, 6.07) is 4.16. The molecule has 0 saturated heterocycles. The lowest BCUT2D eigenvalue weighted by atomic mass is 10.1. The minimum Gasteiger partial charge on any atom is -0.339 e. The van der Waals surface area contributed by atoms with Crippen molar-refractivity contribution in [3.05, 3.63) is 45.6 Å². The van der Waals surface area contributed by atoms with E-state index in [1.807, 2.05) is 0 Å². The van der Waals surface area contributed by atoms with Crippen LogP contribution in [-0.4, -0.2) is 30.0 Å². The van der Waals surface area contributed by atoms with E-state index in [1.54, 1.807) is 0 Å². The van der Waals surface area contributed by atoms with Crippen molar-refractivity contribution in [1.29, 1.82) is 0 Å². The average molecular weight is 382 g/mol. The van der Waals surface area contributed by atoms with Gasteiger partial charge in [-0.25, -0.2) is 13.1 Å². The van der Waals surface area contributed by atoms with E-state index < -0.39 is 20.6 Å². The van der Waals surface area contributed by atoms with Gasteiger partial charge in [-0.2, -0.15) is 4.98 Å². The van der Waals surface area contributed by atoms with E-state index in [9.17, 15) is 18.5 Å². The molecule has 142 valence electrons. The van der Waals surface area contributed by atoms with Crippen LogP contribution in [0.25, 0.3) is 0 Å². The van der Waals surface area contributed by atoms with Crippen molar-refractivity contribution in [2.24, 2.45) is 5.92 Å². The van der Waals surface area contributed by atoms with Gasteiger partial charge in [0.25, 0.3) is 5.69 Å². The maximum absolute atomic E-state index is 12.4. The van der Waals surface area contributed by atoms with Crippen molar-refractivity contribution in [1.82, 2.24) is 14.9 Å². The lowest BCUT2D eigenvalue weighted by Gasteiger charge is -2.09. The Morgan fingerprint density at radius 2 is 2.08 bits per heavy atom. The van der Waals surface area contributed by atoms with Crippen molar-refractivity contribution < 1.29 is 17.9 Å². The number of rotatable bonds is 9. The fourth-order valence-corrected chi connectivity index (χ4v) is 3.96. The fourth-order valence-electron chi connectivity index (χ4n) is 2.49. The lowest BCUT2D eigenvalue weighted by molar-refractivity contribution is -0.387. The predicted molar refractivity (Wildman–Crippen MR) is 94.2 cm³/mol. The Kier molecular flexibility index (Phi) is 6.43. The van der Waals surface area contributed by atoms with Crippen LogP contribution in [0.1, 0.15) is 37.5 Å². The second-order valence-corrected chi connectivity index (χ2v) is 8.09. The molecular formula is C16H22N4O5S. The highest BCUT2D eigenvalue weighted by atomic mass is 32.2. The van der Waals surface area contributed by atoms with Crippen molar-refractivity contribution >= 4 is 15.7 Å². The summed E-state index contributed by atoms with van der Waals surface area (Å²) in [5.41, 5.74) is -0.116. The summed E-state index contributed by atoms with van der Waals surface area (Å²) >= 11 is 0. The summed E-state index contributed by atoms with van der Waals surface area (Å²) in [5.74, 6) is 1.49. The molecule has 0 aliphatic carbocycles. The first-order valence-electron chi connectivity index (χ1n) is 8.26. The van der Waals surface area contributed by atoms with Gasteiger partial charge in [0.15, 0.2) is 10.7 Å². The highest BCUT2D eigenvalue weighted by Crippen LogP contribution is 2.26. The summed E-state index contributed by atoms with van der Waals surface area (Å²) in [6.07, 6.45) is 1.57. The van der Waals surface area contributed by atoms with Crippen LogP contribution in [0.2, 0.25) is 0 Å². The third-order valence-corrected chi connectivity index (χ3v) is 5.27. The van der Waals surface area contributed by atoms with Gasteiger partial charge in [-0.3, -0.25) is 10.1 Å². The molecule has 0 radical (unpaired) electrons. The van der Waals surface area contributed by atoms with Crippen molar-refractivity contribution in [3.8, 4) is 0 Å². The molecule has 0 atom stereocenters. The van der Waals surface area contributed by atoms with Gasteiger partial charge in [0.1, 0.15) is 0 Å². The zero-order chi connectivity index (χ0) is 19.3. The highest BCUT2D eigenvalue weighted by molar-refractivity contribution is 7.89. The fraction of sp³-hybridized carbons (Fsp3) is 0.500. The van der Waals surface area contributed by atoms with Gasteiger partial charge in [-0.1, -0.05) is 31.1 Å². The van der Waals surface area contributed by atoms with Crippen LogP contribution in [0, 0.1) is 23.0 Å². The largest absolute Gasteiger partial charge is 0.339 e. The Labute approximate surface area is 152 Å². The number of hydrogen-bond donors (Lipinski definition) is 1. The number of aromatic nitrogens is 2. The van der Waals surface area contributed by atoms with Crippen LogP contribution in [0.4, 0.5) is 5.69 Å². The van der Waals surface area contributed by atoms with Gasteiger partial charge >= 0.3 is 0 Å². The predicted octanol–water partition coefficient (Wildman–Crippen LogP) is 2.40. The molecule has 0 saturated carbocycles. The molecule has 0 unspecified atom stereocenters. The smallest absolute Gasteiger partial charge is 0.289 e. The molecule has 0 spiro atoms. The quantitative estimate of drug-likeness (QED) is 0.400. The van der Waals surface area contributed by atoms with Crippen molar-refractivity contribution in [3.63, 3.8) is 0 Å².